The number of para-hydroxylation sites is 7. The van der Waals surface area contributed by atoms with Crippen LogP contribution in [-0.4, -0.2) is 9.13 Å². The predicted molar refractivity (Wildman–Crippen MR) is 449 cm³/mol. The summed E-state index contributed by atoms with van der Waals surface area (Å²) in [4.78, 5) is 4.84. The Labute approximate surface area is 619 Å². The van der Waals surface area contributed by atoms with E-state index < -0.39 is 5.41 Å². The maximum absolute atomic E-state index is 6.87. The molecule has 504 valence electrons. The standard InChI is InChI=1S/C102H70N4O/c1-101(2)86-41-23-39-72(98(86)82-58-55-70(61-88(82)101)103(66-27-6-4-7-28-66)69-54-57-77-75-33-11-10-31-73(75)74-32-12-13-34-76(74)85(77)60-69)64-50-52-68(53-51-64)105-92-45-20-16-38-84(92)97-65(26-22-46-93(97)105)63-102(3)87-42-25-47-94(106-90-43-18-14-35-78(90)79-36-15-19-44-91(79)106)99(87)83-59-56-71(62-89(83)102)104(67-29-8-5-9-30-67)95-48-24-40-81-80-37-17-21-49-96(80)107-100(81)95/h4-62H,63H2,1-3H3. The van der Waals surface area contributed by atoms with Gasteiger partial charge in [-0.25, -0.2) is 0 Å². The van der Waals surface area contributed by atoms with Crippen LogP contribution in [0.5, 0.6) is 0 Å². The van der Waals surface area contributed by atoms with Gasteiger partial charge in [0, 0.05) is 82.8 Å². The number of aromatic nitrogens is 2. The molecule has 0 amide bonds. The molecule has 2 aliphatic carbocycles. The molecule has 0 aliphatic heterocycles. The third kappa shape index (κ3) is 8.98. The Kier molecular flexibility index (Phi) is 13.3. The van der Waals surface area contributed by atoms with Gasteiger partial charge in [-0.2, -0.15) is 0 Å². The van der Waals surface area contributed by atoms with Crippen molar-refractivity contribution in [1.82, 2.24) is 9.13 Å². The van der Waals surface area contributed by atoms with E-state index in [1.165, 1.54) is 143 Å². The third-order valence-corrected chi connectivity index (χ3v) is 23.9. The van der Waals surface area contributed by atoms with Gasteiger partial charge in [-0.1, -0.05) is 263 Å². The largest absolute Gasteiger partial charge is 0.454 e. The minimum Gasteiger partial charge on any atom is -0.454 e. The molecule has 0 bridgehead atoms. The summed E-state index contributed by atoms with van der Waals surface area (Å²) < 4.78 is 11.9. The van der Waals surface area contributed by atoms with Crippen LogP contribution in [0.4, 0.5) is 34.1 Å². The molecule has 0 radical (unpaired) electrons. The minimum atomic E-state index is -0.517. The van der Waals surface area contributed by atoms with E-state index in [9.17, 15) is 0 Å². The molecule has 0 spiro atoms. The highest BCUT2D eigenvalue weighted by Crippen LogP contribution is 2.58. The van der Waals surface area contributed by atoms with E-state index in [-0.39, 0.29) is 5.41 Å². The molecule has 5 nitrogen and oxygen atoms in total. The molecule has 22 rings (SSSR count). The second-order valence-electron chi connectivity index (χ2n) is 30.0. The Morgan fingerprint density at radius 1 is 0.299 bits per heavy atom. The zero-order chi connectivity index (χ0) is 70.8. The molecule has 0 saturated carbocycles. The van der Waals surface area contributed by atoms with Crippen molar-refractivity contribution in [3.8, 4) is 44.8 Å². The number of furan rings is 1. The van der Waals surface area contributed by atoms with E-state index in [0.29, 0.717) is 0 Å². The van der Waals surface area contributed by atoms with Crippen LogP contribution in [0.15, 0.2) is 362 Å². The van der Waals surface area contributed by atoms with Crippen molar-refractivity contribution in [3.05, 3.63) is 386 Å². The number of hydrogen-bond acceptors (Lipinski definition) is 3. The first-order chi connectivity index (χ1) is 52.7. The molecular weight excluding hydrogens is 1300 g/mol. The average molecular weight is 1370 g/mol. The second-order valence-corrected chi connectivity index (χ2v) is 30.0. The van der Waals surface area contributed by atoms with E-state index in [1.54, 1.807) is 0 Å². The number of anilines is 6. The summed E-state index contributed by atoms with van der Waals surface area (Å²) in [6, 6.07) is 133. The minimum absolute atomic E-state index is 0.275. The summed E-state index contributed by atoms with van der Waals surface area (Å²) in [5.41, 5.74) is 28.5. The smallest absolute Gasteiger partial charge is 0.159 e. The SMILES string of the molecule is CC1(C)c2cc(N(c3ccccc3)c3ccc4c5ccccc5c5ccccc5c4c3)ccc2-c2c(-c3ccc(-n4c5ccccc5c5c(CC6(C)c7cc(N(c8ccccc8)c8cccc9c8oc8ccccc89)ccc7-c7c(-n8c9ccccc9c9ccccc98)cccc76)cccc54)cc3)cccc21. The van der Waals surface area contributed by atoms with Crippen molar-refractivity contribution in [2.24, 2.45) is 0 Å². The lowest BCUT2D eigenvalue weighted by molar-refractivity contribution is 0.585. The second kappa shape index (κ2) is 23.3. The topological polar surface area (TPSA) is 29.5 Å². The number of nitrogens with zero attached hydrogens (tertiary/aromatic N) is 4. The maximum atomic E-state index is 6.87. The Hall–Kier alpha value is -13.5. The number of fused-ring (bicyclic) bond motifs is 21. The van der Waals surface area contributed by atoms with Gasteiger partial charge in [-0.05, 0) is 210 Å². The number of hydrogen-bond donors (Lipinski definition) is 0. The molecule has 5 heteroatoms. The van der Waals surface area contributed by atoms with Crippen LogP contribution in [0, 0.1) is 0 Å². The van der Waals surface area contributed by atoms with Gasteiger partial charge >= 0.3 is 0 Å². The van der Waals surface area contributed by atoms with Crippen molar-refractivity contribution in [2.45, 2.75) is 38.0 Å². The van der Waals surface area contributed by atoms with Crippen LogP contribution in [-0.2, 0) is 17.3 Å². The van der Waals surface area contributed by atoms with Gasteiger partial charge in [-0.3, -0.25) is 0 Å². The molecule has 0 N–H and O–H groups in total. The van der Waals surface area contributed by atoms with Crippen LogP contribution >= 0.6 is 0 Å². The molecule has 3 heterocycles. The van der Waals surface area contributed by atoms with E-state index in [4.69, 9.17) is 4.42 Å². The van der Waals surface area contributed by atoms with Gasteiger partial charge in [0.1, 0.15) is 5.58 Å². The van der Waals surface area contributed by atoms with Crippen molar-refractivity contribution < 1.29 is 4.42 Å². The lowest BCUT2D eigenvalue weighted by Crippen LogP contribution is -2.24. The Morgan fingerprint density at radius 2 is 0.794 bits per heavy atom. The number of rotatable bonds is 11. The Morgan fingerprint density at radius 3 is 1.49 bits per heavy atom. The highest BCUT2D eigenvalue weighted by molar-refractivity contribution is 6.26. The first-order valence-electron chi connectivity index (χ1n) is 37.3. The fourth-order valence-electron chi connectivity index (χ4n) is 19.1. The number of benzene rings is 17. The van der Waals surface area contributed by atoms with Crippen LogP contribution in [0.3, 0.4) is 0 Å². The van der Waals surface area contributed by atoms with E-state index in [0.717, 1.165) is 68.2 Å². The highest BCUT2D eigenvalue weighted by atomic mass is 16.3. The van der Waals surface area contributed by atoms with E-state index in [1.807, 2.05) is 0 Å². The third-order valence-electron chi connectivity index (χ3n) is 23.9. The zero-order valence-corrected chi connectivity index (χ0v) is 59.5. The summed E-state index contributed by atoms with van der Waals surface area (Å²) in [5.74, 6) is 0. The summed E-state index contributed by atoms with van der Waals surface area (Å²) in [6.07, 6.45) is 0.739. The fraction of sp³-hybridized carbons (Fsp3) is 0.0588. The molecule has 0 saturated heterocycles. The van der Waals surface area contributed by atoms with Crippen molar-refractivity contribution in [3.63, 3.8) is 0 Å². The summed E-state index contributed by atoms with van der Waals surface area (Å²) in [7, 11) is 0. The average Bonchev–Trinajstić information content (AvgIpc) is 1.59. The van der Waals surface area contributed by atoms with E-state index in [2.05, 4.69) is 398 Å². The molecule has 1 atom stereocenters. The fourth-order valence-corrected chi connectivity index (χ4v) is 19.1. The summed E-state index contributed by atoms with van der Waals surface area (Å²) in [5, 5.41) is 14.8. The van der Waals surface area contributed by atoms with Crippen LogP contribution in [0.2, 0.25) is 0 Å². The highest BCUT2D eigenvalue weighted by Gasteiger charge is 2.43. The van der Waals surface area contributed by atoms with Gasteiger partial charge < -0.3 is 23.4 Å². The van der Waals surface area contributed by atoms with Crippen molar-refractivity contribution in [2.75, 3.05) is 9.80 Å². The maximum Gasteiger partial charge on any atom is 0.159 e. The van der Waals surface area contributed by atoms with Gasteiger partial charge in [0.15, 0.2) is 5.58 Å². The van der Waals surface area contributed by atoms with Gasteiger partial charge in [0.2, 0.25) is 0 Å². The van der Waals surface area contributed by atoms with Gasteiger partial charge in [-0.15, -0.1) is 0 Å². The van der Waals surface area contributed by atoms with Crippen LogP contribution in [0.25, 0.3) is 143 Å². The van der Waals surface area contributed by atoms with E-state index >= 15 is 0 Å². The molecule has 1 unspecified atom stereocenters. The molecule has 17 aromatic carbocycles. The zero-order valence-electron chi connectivity index (χ0n) is 59.5. The normalized spacial score (nSPS) is 14.3. The van der Waals surface area contributed by atoms with Crippen LogP contribution < -0.4 is 9.80 Å². The van der Waals surface area contributed by atoms with Crippen LogP contribution in [0.1, 0.15) is 48.6 Å². The quantitative estimate of drug-likeness (QED) is 0.121. The predicted octanol–water partition coefficient (Wildman–Crippen LogP) is 27.7. The molecule has 3 aromatic heterocycles. The monoisotopic (exact) mass is 1370 g/mol. The molecular formula is C102H70N4O. The summed E-state index contributed by atoms with van der Waals surface area (Å²) in [6.45, 7) is 7.32. The first kappa shape index (κ1) is 61.0. The van der Waals surface area contributed by atoms with Gasteiger partial charge in [0.25, 0.3) is 0 Å². The lowest BCUT2D eigenvalue weighted by Gasteiger charge is -2.31. The first-order valence-corrected chi connectivity index (χ1v) is 37.3. The molecule has 2 aliphatic rings. The summed E-state index contributed by atoms with van der Waals surface area (Å²) >= 11 is 0. The lowest BCUT2D eigenvalue weighted by atomic mass is 9.74. The Bertz CT molecular complexity index is 7010. The van der Waals surface area contributed by atoms with Crippen molar-refractivity contribution >= 4 is 132 Å². The van der Waals surface area contributed by atoms with Gasteiger partial charge in [0.05, 0.1) is 33.4 Å². The Balaban J connectivity index is 0.665. The van der Waals surface area contributed by atoms with Crippen molar-refractivity contribution in [1.29, 1.82) is 0 Å². The molecule has 0 fully saturated rings. The molecule has 20 aromatic rings. The molecule has 107 heavy (non-hydrogen) atoms.